The van der Waals surface area contributed by atoms with E-state index in [4.69, 9.17) is 5.26 Å². The minimum absolute atomic E-state index is 0.0910. The first-order chi connectivity index (χ1) is 13.1. The van der Waals surface area contributed by atoms with Crippen LogP contribution >= 0.6 is 0 Å². The molecule has 0 radical (unpaired) electrons. The average molecular weight is 354 g/mol. The molecule has 0 bridgehead atoms. The number of hydrogen-bond donors (Lipinski definition) is 0. The van der Waals surface area contributed by atoms with Crippen LogP contribution in [0.2, 0.25) is 0 Å². The second kappa shape index (κ2) is 6.58. The molecule has 0 atom stereocenters. The van der Waals surface area contributed by atoms with Crippen molar-refractivity contribution in [2.24, 2.45) is 7.05 Å². The fourth-order valence-corrected chi connectivity index (χ4v) is 3.57. The second-order valence-electron chi connectivity index (χ2n) is 6.57. The summed E-state index contributed by atoms with van der Waals surface area (Å²) in [5.41, 5.74) is 4.94. The maximum atomic E-state index is 13.0. The van der Waals surface area contributed by atoms with Gasteiger partial charge in [-0.3, -0.25) is 14.0 Å². The smallest absolute Gasteiger partial charge is 0.253 e. The molecule has 0 aliphatic heterocycles. The molecule has 2 aromatic carbocycles. The molecule has 0 saturated heterocycles. The summed E-state index contributed by atoms with van der Waals surface area (Å²) in [6.07, 6.45) is 0. The van der Waals surface area contributed by atoms with E-state index < -0.39 is 0 Å². The van der Waals surface area contributed by atoms with E-state index in [0.29, 0.717) is 12.1 Å². The summed E-state index contributed by atoms with van der Waals surface area (Å²) in [6.45, 7) is 2.35. The van der Waals surface area contributed by atoms with Gasteiger partial charge in [-0.25, -0.2) is 0 Å². The second-order valence-corrected chi connectivity index (χ2v) is 6.57. The molecule has 0 aliphatic carbocycles. The number of aryl methyl sites for hydroxylation is 2. The van der Waals surface area contributed by atoms with Crippen molar-refractivity contribution in [3.8, 4) is 17.2 Å². The number of pyridine rings is 1. The van der Waals surface area contributed by atoms with Crippen LogP contribution in [0, 0.1) is 18.3 Å². The van der Waals surface area contributed by atoms with Crippen molar-refractivity contribution in [2.75, 3.05) is 0 Å². The van der Waals surface area contributed by atoms with Gasteiger partial charge in [0, 0.05) is 18.5 Å². The molecule has 5 heteroatoms. The Bertz CT molecular complexity index is 1240. The Morgan fingerprint density at radius 2 is 1.85 bits per heavy atom. The maximum Gasteiger partial charge on any atom is 0.253 e. The third-order valence-corrected chi connectivity index (χ3v) is 4.73. The van der Waals surface area contributed by atoms with Crippen molar-refractivity contribution in [1.29, 1.82) is 5.26 Å². The van der Waals surface area contributed by atoms with Crippen LogP contribution in [-0.2, 0) is 13.6 Å². The zero-order chi connectivity index (χ0) is 19.0. The molecule has 0 unspecified atom stereocenters. The largest absolute Gasteiger partial charge is 0.288 e. The van der Waals surface area contributed by atoms with Gasteiger partial charge in [0.25, 0.3) is 5.56 Å². The molecule has 0 amide bonds. The third kappa shape index (κ3) is 2.91. The van der Waals surface area contributed by atoms with E-state index in [1.807, 2.05) is 62.5 Å². The van der Waals surface area contributed by atoms with Crippen molar-refractivity contribution >= 4 is 11.0 Å². The molecule has 0 spiro atoms. The molecule has 2 aromatic heterocycles. The predicted octanol–water partition coefficient (Wildman–Crippen LogP) is 3.63. The van der Waals surface area contributed by atoms with E-state index in [1.165, 1.54) is 0 Å². The normalized spacial score (nSPS) is 10.9. The highest BCUT2D eigenvalue weighted by Gasteiger charge is 2.17. The third-order valence-electron chi connectivity index (χ3n) is 4.73. The first-order valence-corrected chi connectivity index (χ1v) is 8.70. The lowest BCUT2D eigenvalue weighted by Gasteiger charge is -2.12. The van der Waals surface area contributed by atoms with Crippen LogP contribution in [0.25, 0.3) is 22.2 Å². The predicted molar refractivity (Wildman–Crippen MR) is 105 cm³/mol. The number of rotatable bonds is 3. The standard InChI is InChI=1S/C22H18N4O/c1-15-21-19(18-9-4-3-5-10-18)12-20(27)26(22(21)25(2)24-15)14-17-8-6-7-16(11-17)13-23/h3-12H,14H2,1-2H3. The summed E-state index contributed by atoms with van der Waals surface area (Å²) in [7, 11) is 1.85. The molecular formula is C22H18N4O. The van der Waals surface area contributed by atoms with E-state index in [-0.39, 0.29) is 5.56 Å². The highest BCUT2D eigenvalue weighted by molar-refractivity contribution is 5.95. The van der Waals surface area contributed by atoms with Crippen molar-refractivity contribution in [1.82, 2.24) is 14.3 Å². The molecule has 0 aliphatic rings. The Labute approximate surface area is 156 Å². The van der Waals surface area contributed by atoms with Gasteiger partial charge in [0.1, 0.15) is 5.65 Å². The van der Waals surface area contributed by atoms with Gasteiger partial charge in [-0.1, -0.05) is 42.5 Å². The molecule has 132 valence electrons. The Kier molecular flexibility index (Phi) is 4.09. The first-order valence-electron chi connectivity index (χ1n) is 8.70. The van der Waals surface area contributed by atoms with Gasteiger partial charge >= 0.3 is 0 Å². The minimum atomic E-state index is -0.0910. The van der Waals surface area contributed by atoms with Crippen LogP contribution in [0.15, 0.2) is 65.5 Å². The Morgan fingerprint density at radius 1 is 1.07 bits per heavy atom. The van der Waals surface area contributed by atoms with Crippen molar-refractivity contribution in [2.45, 2.75) is 13.5 Å². The Balaban J connectivity index is 1.97. The molecule has 5 nitrogen and oxygen atoms in total. The van der Waals surface area contributed by atoms with Gasteiger partial charge in [-0.2, -0.15) is 10.4 Å². The first kappa shape index (κ1) is 16.8. The van der Waals surface area contributed by atoms with E-state index in [1.54, 1.807) is 21.4 Å². The summed E-state index contributed by atoms with van der Waals surface area (Å²) in [5, 5.41) is 14.7. The van der Waals surface area contributed by atoms with Crippen LogP contribution in [0.5, 0.6) is 0 Å². The lowest BCUT2D eigenvalue weighted by molar-refractivity contribution is 0.709. The summed E-state index contributed by atoms with van der Waals surface area (Å²) in [6, 6.07) is 21.0. The van der Waals surface area contributed by atoms with Crippen molar-refractivity contribution < 1.29 is 0 Å². The Hall–Kier alpha value is -3.65. The lowest BCUT2D eigenvalue weighted by atomic mass is 10.0. The number of nitrogens with zero attached hydrogens (tertiary/aromatic N) is 4. The zero-order valence-electron chi connectivity index (χ0n) is 15.2. The molecule has 4 rings (SSSR count). The van der Waals surface area contributed by atoms with Gasteiger partial charge in [0.15, 0.2) is 0 Å². The maximum absolute atomic E-state index is 13.0. The molecule has 0 N–H and O–H groups in total. The van der Waals surface area contributed by atoms with Crippen LogP contribution in [0.3, 0.4) is 0 Å². The monoisotopic (exact) mass is 354 g/mol. The molecular weight excluding hydrogens is 336 g/mol. The summed E-state index contributed by atoms with van der Waals surface area (Å²) in [5.74, 6) is 0. The average Bonchev–Trinajstić information content (AvgIpc) is 2.99. The fraction of sp³-hybridized carbons (Fsp3) is 0.136. The number of nitriles is 1. The van der Waals surface area contributed by atoms with Gasteiger partial charge in [-0.15, -0.1) is 0 Å². The molecule has 2 heterocycles. The van der Waals surface area contributed by atoms with E-state index in [9.17, 15) is 4.79 Å². The van der Waals surface area contributed by atoms with Gasteiger partial charge in [0.2, 0.25) is 0 Å². The minimum Gasteiger partial charge on any atom is -0.288 e. The number of benzene rings is 2. The molecule has 4 aromatic rings. The van der Waals surface area contributed by atoms with Crippen LogP contribution < -0.4 is 5.56 Å². The lowest BCUT2D eigenvalue weighted by Crippen LogP contribution is -2.22. The number of hydrogen-bond acceptors (Lipinski definition) is 3. The summed E-state index contributed by atoms with van der Waals surface area (Å²) in [4.78, 5) is 13.0. The quantitative estimate of drug-likeness (QED) is 0.564. The van der Waals surface area contributed by atoms with Crippen molar-refractivity contribution in [3.63, 3.8) is 0 Å². The highest BCUT2D eigenvalue weighted by Crippen LogP contribution is 2.29. The SMILES string of the molecule is Cc1nn(C)c2c1c(-c1ccccc1)cc(=O)n2Cc1cccc(C#N)c1. The van der Waals surface area contributed by atoms with E-state index in [0.717, 1.165) is 33.4 Å². The van der Waals surface area contributed by atoms with Crippen LogP contribution in [0.4, 0.5) is 0 Å². The summed E-state index contributed by atoms with van der Waals surface area (Å²) < 4.78 is 3.48. The Morgan fingerprint density at radius 3 is 2.59 bits per heavy atom. The molecule has 0 saturated carbocycles. The number of aromatic nitrogens is 3. The van der Waals surface area contributed by atoms with Gasteiger partial charge in [0.05, 0.1) is 23.9 Å². The van der Waals surface area contributed by atoms with E-state index >= 15 is 0 Å². The molecule has 0 fully saturated rings. The molecule has 27 heavy (non-hydrogen) atoms. The van der Waals surface area contributed by atoms with Crippen molar-refractivity contribution in [3.05, 3.63) is 87.8 Å². The highest BCUT2D eigenvalue weighted by atomic mass is 16.1. The summed E-state index contributed by atoms with van der Waals surface area (Å²) >= 11 is 0. The fourth-order valence-electron chi connectivity index (χ4n) is 3.57. The zero-order valence-corrected chi connectivity index (χ0v) is 15.2. The van der Waals surface area contributed by atoms with Crippen LogP contribution in [0.1, 0.15) is 16.8 Å². The van der Waals surface area contributed by atoms with E-state index in [2.05, 4.69) is 11.2 Å². The number of fused-ring (bicyclic) bond motifs is 1. The van der Waals surface area contributed by atoms with Gasteiger partial charge in [-0.05, 0) is 35.7 Å². The van der Waals surface area contributed by atoms with Crippen LogP contribution in [-0.4, -0.2) is 14.3 Å². The topological polar surface area (TPSA) is 63.6 Å². The van der Waals surface area contributed by atoms with Gasteiger partial charge < -0.3 is 0 Å².